The lowest BCUT2D eigenvalue weighted by Crippen LogP contribution is -2.13. The Bertz CT molecular complexity index is 1030. The monoisotopic (exact) mass is 374 g/mol. The average molecular weight is 374 g/mol. The third kappa shape index (κ3) is 2.34. The molecule has 0 saturated heterocycles. The third-order valence-electron chi connectivity index (χ3n) is 5.47. The van der Waals surface area contributed by atoms with E-state index in [9.17, 15) is 13.2 Å². The minimum atomic E-state index is -4.43. The van der Waals surface area contributed by atoms with Gasteiger partial charge in [0, 0.05) is 0 Å². The van der Waals surface area contributed by atoms with Crippen LogP contribution in [0.2, 0.25) is 0 Å². The fraction of sp³-hybridized carbons (Fsp3) is 0.300. The van der Waals surface area contributed by atoms with Crippen molar-refractivity contribution < 1.29 is 13.2 Å². The third-order valence-corrected chi connectivity index (χ3v) is 6.48. The first-order chi connectivity index (χ1) is 12.2. The summed E-state index contributed by atoms with van der Waals surface area (Å²) in [5.74, 6) is 0. The Labute approximate surface area is 151 Å². The molecule has 0 N–H and O–H groups in total. The molecule has 1 aliphatic carbocycles. The van der Waals surface area contributed by atoms with Crippen molar-refractivity contribution in [2.24, 2.45) is 0 Å². The Morgan fingerprint density at radius 2 is 1.69 bits per heavy atom. The van der Waals surface area contributed by atoms with Crippen LogP contribution in [0.4, 0.5) is 13.2 Å². The van der Waals surface area contributed by atoms with Gasteiger partial charge in [0.2, 0.25) is 0 Å². The second-order valence-electron chi connectivity index (χ2n) is 6.86. The van der Waals surface area contributed by atoms with Crippen molar-refractivity contribution in [2.45, 2.75) is 39.9 Å². The highest BCUT2D eigenvalue weighted by Crippen LogP contribution is 2.50. The number of hydrogen-bond donors (Lipinski definition) is 0. The van der Waals surface area contributed by atoms with Gasteiger partial charge in [-0.3, -0.25) is 4.33 Å². The predicted octanol–water partition coefficient (Wildman–Crippen LogP) is 6.33. The van der Waals surface area contributed by atoms with Crippen molar-refractivity contribution in [3.05, 3.63) is 69.5 Å². The highest BCUT2D eigenvalue weighted by atomic mass is 31.1. The van der Waals surface area contributed by atoms with E-state index in [-0.39, 0.29) is 11.7 Å². The molecule has 0 saturated carbocycles. The largest absolute Gasteiger partial charge is 0.435 e. The molecule has 2 nitrogen and oxygen atoms in total. The van der Waals surface area contributed by atoms with Crippen molar-refractivity contribution in [3.8, 4) is 11.1 Å². The Morgan fingerprint density at radius 3 is 2.35 bits per heavy atom. The van der Waals surface area contributed by atoms with Crippen LogP contribution in [0.25, 0.3) is 11.1 Å². The van der Waals surface area contributed by atoms with Crippen LogP contribution in [0.1, 0.15) is 45.2 Å². The predicted molar refractivity (Wildman–Crippen MR) is 97.8 cm³/mol. The Kier molecular flexibility index (Phi) is 3.78. The summed E-state index contributed by atoms with van der Waals surface area (Å²) in [6.07, 6.45) is -4.43. The van der Waals surface area contributed by atoms with E-state index in [1.807, 2.05) is 18.2 Å². The second kappa shape index (κ2) is 5.68. The molecule has 26 heavy (non-hydrogen) atoms. The molecule has 3 aromatic rings. The van der Waals surface area contributed by atoms with Gasteiger partial charge in [-0.25, -0.2) is 4.75 Å². The van der Waals surface area contributed by atoms with E-state index in [4.69, 9.17) is 0 Å². The molecular formula is C20H18F3N2P. The van der Waals surface area contributed by atoms with Gasteiger partial charge in [0.1, 0.15) is 8.51 Å². The molecule has 4 rings (SSSR count). The highest BCUT2D eigenvalue weighted by Gasteiger charge is 2.39. The van der Waals surface area contributed by atoms with Crippen LogP contribution in [0.5, 0.6) is 0 Å². The Morgan fingerprint density at radius 1 is 1.00 bits per heavy atom. The molecule has 1 atom stereocenters. The van der Waals surface area contributed by atoms with E-state index in [1.165, 1.54) is 18.1 Å². The number of benzene rings is 2. The number of nitrogens with zero attached hydrogens (tertiary/aromatic N) is 2. The number of hydrogen-bond acceptors (Lipinski definition) is 1. The van der Waals surface area contributed by atoms with E-state index in [0.29, 0.717) is 8.51 Å². The van der Waals surface area contributed by atoms with Crippen molar-refractivity contribution in [2.75, 3.05) is 0 Å². The number of fused-ring (bicyclic) bond motifs is 3. The van der Waals surface area contributed by atoms with Crippen LogP contribution in [-0.2, 0) is 6.18 Å². The summed E-state index contributed by atoms with van der Waals surface area (Å²) in [5, 5.41) is 0. The first kappa shape index (κ1) is 17.3. The highest BCUT2D eigenvalue weighted by molar-refractivity contribution is 7.21. The first-order valence-electron chi connectivity index (χ1n) is 8.40. The molecule has 0 radical (unpaired) electrons. The van der Waals surface area contributed by atoms with E-state index in [0.717, 1.165) is 27.8 Å². The Balaban J connectivity index is 2.03. The van der Waals surface area contributed by atoms with Crippen molar-refractivity contribution in [1.82, 2.24) is 9.08 Å². The topological polar surface area (TPSA) is 17.8 Å². The summed E-state index contributed by atoms with van der Waals surface area (Å²) in [6.45, 7) is 7.73. The molecule has 6 heteroatoms. The maximum absolute atomic E-state index is 13.3. The number of alkyl halides is 3. The normalized spacial score (nSPS) is 16.2. The van der Waals surface area contributed by atoms with E-state index in [1.54, 1.807) is 4.33 Å². The van der Waals surface area contributed by atoms with Gasteiger partial charge in [0.05, 0.1) is 11.7 Å². The van der Waals surface area contributed by atoms with Crippen LogP contribution in [0.15, 0.2) is 30.3 Å². The van der Waals surface area contributed by atoms with Crippen LogP contribution in [-0.4, -0.2) is 9.08 Å². The van der Waals surface area contributed by atoms with Gasteiger partial charge in [0.25, 0.3) is 0 Å². The number of rotatable bonds is 1. The molecule has 1 aromatic heterocycles. The quantitative estimate of drug-likeness (QED) is 0.380. The van der Waals surface area contributed by atoms with Gasteiger partial charge >= 0.3 is 6.18 Å². The van der Waals surface area contributed by atoms with Gasteiger partial charge in [0.15, 0.2) is 5.69 Å². The van der Waals surface area contributed by atoms with Crippen molar-refractivity contribution in [1.29, 1.82) is 0 Å². The molecular weight excluding hydrogens is 356 g/mol. The van der Waals surface area contributed by atoms with Gasteiger partial charge < -0.3 is 0 Å². The summed E-state index contributed by atoms with van der Waals surface area (Å²) < 4.78 is 45.4. The summed E-state index contributed by atoms with van der Waals surface area (Å²) in [6, 6.07) is 9.90. The average Bonchev–Trinajstić information content (AvgIpc) is 3.11. The van der Waals surface area contributed by atoms with Gasteiger partial charge in [-0.1, -0.05) is 30.3 Å². The van der Waals surface area contributed by atoms with E-state index in [2.05, 4.69) is 37.7 Å². The molecule has 0 aliphatic heterocycles. The van der Waals surface area contributed by atoms with Crippen LogP contribution >= 0.6 is 8.51 Å². The number of halogens is 3. The molecule has 1 heterocycles. The molecule has 0 fully saturated rings. The van der Waals surface area contributed by atoms with Gasteiger partial charge in [-0.05, 0) is 66.6 Å². The van der Waals surface area contributed by atoms with Gasteiger partial charge in [-0.2, -0.15) is 13.2 Å². The molecule has 1 aliphatic rings. The fourth-order valence-electron chi connectivity index (χ4n) is 3.92. The van der Waals surface area contributed by atoms with Crippen LogP contribution in [0, 0.1) is 27.7 Å². The first-order valence-corrected chi connectivity index (χ1v) is 9.20. The summed E-state index contributed by atoms with van der Waals surface area (Å²) in [7, 11) is 0.320. The van der Waals surface area contributed by atoms with Crippen molar-refractivity contribution in [3.63, 3.8) is 0 Å². The van der Waals surface area contributed by atoms with Crippen LogP contribution < -0.4 is 0 Å². The smallest absolute Gasteiger partial charge is 0.299 e. The van der Waals surface area contributed by atoms with Crippen LogP contribution in [0.3, 0.4) is 0 Å². The molecule has 1 unspecified atom stereocenters. The summed E-state index contributed by atoms with van der Waals surface area (Å²) in [5.41, 5.74) is 7.30. The zero-order valence-electron chi connectivity index (χ0n) is 14.9. The fourth-order valence-corrected chi connectivity index (χ4v) is 4.93. The summed E-state index contributed by atoms with van der Waals surface area (Å²) in [4.78, 5) is 0. The Hall–Kier alpha value is -2.13. The molecule has 134 valence electrons. The lowest BCUT2D eigenvalue weighted by molar-refractivity contribution is -0.141. The number of aromatic nitrogens is 2. The molecule has 0 amide bonds. The van der Waals surface area contributed by atoms with Crippen molar-refractivity contribution >= 4 is 8.51 Å². The minimum absolute atomic E-state index is 0.185. The van der Waals surface area contributed by atoms with E-state index >= 15 is 0 Å². The van der Waals surface area contributed by atoms with Gasteiger partial charge in [-0.15, -0.1) is 0 Å². The summed E-state index contributed by atoms with van der Waals surface area (Å²) >= 11 is 0. The zero-order chi connectivity index (χ0) is 18.8. The minimum Gasteiger partial charge on any atom is -0.299 e. The zero-order valence-corrected chi connectivity index (χ0v) is 15.8. The number of aryl methyl sites for hydroxylation is 1. The maximum Gasteiger partial charge on any atom is 0.435 e. The second-order valence-corrected chi connectivity index (χ2v) is 7.67. The molecule has 2 aromatic carbocycles. The lowest BCUT2D eigenvalue weighted by Gasteiger charge is -2.20. The molecule has 0 spiro atoms. The SMILES string of the molecule is Cc1cc2c(c(C)c1C)C(n1pnc(C(F)(F)F)c1C)c1ccccc1-2. The molecule has 0 bridgehead atoms. The standard InChI is InChI=1S/C20H18F3N2P/c1-10-9-16-14-7-5-6-8-15(14)18(17(16)12(3)11(10)2)25-13(4)19(24-26-25)20(21,22)23/h5-9,18H,1-4H3. The van der Waals surface area contributed by atoms with E-state index < -0.39 is 11.9 Å². The lowest BCUT2D eigenvalue weighted by atomic mass is 9.92. The maximum atomic E-state index is 13.3.